The molecule has 2 fully saturated rings. The van der Waals surface area contributed by atoms with Crippen molar-refractivity contribution < 1.29 is 38.4 Å². The third-order valence-corrected chi connectivity index (χ3v) is 5.70. The lowest BCUT2D eigenvalue weighted by Crippen LogP contribution is -2.58. The maximum Gasteiger partial charge on any atom is 0.332 e. The smallest absolute Gasteiger partial charge is 0.298 e. The number of amides is 8. The standard InChI is InChI=1S/C20H26N4O8/c1-21-15(27)13(16(28)22(2)19(21)31)11(25)9-7-5-6-8-10-12(26)14-17(29)23(3)20(32)24(4)18(14)30/h13-14H,5-10H2,1-4H3. The first-order valence-corrected chi connectivity index (χ1v) is 10.1. The van der Waals surface area contributed by atoms with Gasteiger partial charge in [-0.1, -0.05) is 12.8 Å². The highest BCUT2D eigenvalue weighted by Gasteiger charge is 2.47. The monoisotopic (exact) mass is 450 g/mol. The average molecular weight is 450 g/mol. The molecule has 174 valence electrons. The molecule has 2 rings (SSSR count). The fourth-order valence-corrected chi connectivity index (χ4v) is 3.60. The molecule has 0 aromatic carbocycles. The number of carbonyl (C=O) groups excluding carboxylic acids is 8. The fourth-order valence-electron chi connectivity index (χ4n) is 3.60. The van der Waals surface area contributed by atoms with Crippen LogP contribution in [0, 0.1) is 11.8 Å². The summed E-state index contributed by atoms with van der Waals surface area (Å²) in [5.41, 5.74) is 0. The second-order valence-corrected chi connectivity index (χ2v) is 7.87. The summed E-state index contributed by atoms with van der Waals surface area (Å²) >= 11 is 0. The molecule has 0 radical (unpaired) electrons. The Morgan fingerprint density at radius 3 is 1.03 bits per heavy atom. The molecular formula is C20H26N4O8. The van der Waals surface area contributed by atoms with E-state index in [0.29, 0.717) is 25.7 Å². The van der Waals surface area contributed by atoms with E-state index in [0.717, 1.165) is 19.6 Å². The predicted octanol–water partition coefficient (Wildman–Crippen LogP) is -0.202. The Morgan fingerprint density at radius 2 is 0.781 bits per heavy atom. The molecule has 2 heterocycles. The topological polar surface area (TPSA) is 150 Å². The van der Waals surface area contributed by atoms with Gasteiger partial charge in [-0.25, -0.2) is 9.59 Å². The molecule has 2 aliphatic rings. The summed E-state index contributed by atoms with van der Waals surface area (Å²) in [4.78, 5) is 99.6. The highest BCUT2D eigenvalue weighted by atomic mass is 16.2. The van der Waals surface area contributed by atoms with Crippen molar-refractivity contribution in [1.82, 2.24) is 19.6 Å². The molecule has 12 heteroatoms. The van der Waals surface area contributed by atoms with E-state index in [2.05, 4.69) is 0 Å². The maximum absolute atomic E-state index is 12.4. The third kappa shape index (κ3) is 4.58. The molecule has 0 saturated carbocycles. The molecule has 0 aromatic heterocycles. The summed E-state index contributed by atoms with van der Waals surface area (Å²) < 4.78 is 0. The van der Waals surface area contributed by atoms with Crippen LogP contribution in [-0.2, 0) is 28.8 Å². The number of ketones is 2. The zero-order valence-corrected chi connectivity index (χ0v) is 18.5. The lowest BCUT2D eigenvalue weighted by atomic mass is 9.93. The third-order valence-electron chi connectivity index (χ3n) is 5.70. The molecular weight excluding hydrogens is 424 g/mol. The normalized spacial score (nSPS) is 18.9. The van der Waals surface area contributed by atoms with Gasteiger partial charge in [-0.3, -0.25) is 48.4 Å². The zero-order chi connectivity index (χ0) is 24.3. The van der Waals surface area contributed by atoms with Crippen LogP contribution >= 0.6 is 0 Å². The van der Waals surface area contributed by atoms with Crippen molar-refractivity contribution in [2.75, 3.05) is 28.2 Å². The van der Waals surface area contributed by atoms with Crippen LogP contribution < -0.4 is 0 Å². The maximum atomic E-state index is 12.4. The summed E-state index contributed by atoms with van der Waals surface area (Å²) in [5.74, 6) is -7.57. The van der Waals surface area contributed by atoms with Crippen LogP contribution in [0.5, 0.6) is 0 Å². The minimum absolute atomic E-state index is 0.0384. The Kier molecular flexibility index (Phi) is 7.60. The van der Waals surface area contributed by atoms with Crippen molar-refractivity contribution in [3.8, 4) is 0 Å². The zero-order valence-electron chi connectivity index (χ0n) is 18.5. The van der Waals surface area contributed by atoms with Crippen LogP contribution in [0.2, 0.25) is 0 Å². The van der Waals surface area contributed by atoms with E-state index in [1.165, 1.54) is 28.2 Å². The Bertz CT molecular complexity index is 778. The van der Waals surface area contributed by atoms with E-state index in [1.807, 2.05) is 0 Å². The molecule has 0 aromatic rings. The first-order valence-electron chi connectivity index (χ1n) is 10.1. The van der Waals surface area contributed by atoms with Crippen LogP contribution in [-0.4, -0.2) is 95.0 Å². The summed E-state index contributed by atoms with van der Waals surface area (Å²) in [5, 5.41) is 0. The Labute approximate surface area is 184 Å². The number of hydrogen-bond acceptors (Lipinski definition) is 8. The van der Waals surface area contributed by atoms with Gasteiger partial charge in [-0.2, -0.15) is 0 Å². The minimum Gasteiger partial charge on any atom is -0.298 e. The van der Waals surface area contributed by atoms with Crippen molar-refractivity contribution in [3.05, 3.63) is 0 Å². The number of hydrogen-bond donors (Lipinski definition) is 0. The van der Waals surface area contributed by atoms with Crippen LogP contribution in [0.25, 0.3) is 0 Å². The van der Waals surface area contributed by atoms with Gasteiger partial charge in [0.25, 0.3) is 23.6 Å². The van der Waals surface area contributed by atoms with E-state index >= 15 is 0 Å². The van der Waals surface area contributed by atoms with E-state index in [-0.39, 0.29) is 12.8 Å². The molecule has 0 spiro atoms. The number of Topliss-reactive ketones (excluding diaryl/α,β-unsaturated/α-hetero) is 2. The van der Waals surface area contributed by atoms with E-state index in [9.17, 15) is 38.4 Å². The summed E-state index contributed by atoms with van der Waals surface area (Å²) in [6.45, 7) is 0. The number of rotatable bonds is 9. The van der Waals surface area contributed by atoms with Crippen molar-refractivity contribution in [3.63, 3.8) is 0 Å². The number of nitrogens with zero attached hydrogens (tertiary/aromatic N) is 4. The van der Waals surface area contributed by atoms with Crippen molar-refractivity contribution in [2.45, 2.75) is 38.5 Å². The highest BCUT2D eigenvalue weighted by molar-refractivity contribution is 6.27. The number of urea groups is 2. The van der Waals surface area contributed by atoms with Gasteiger partial charge in [0, 0.05) is 41.0 Å². The van der Waals surface area contributed by atoms with Gasteiger partial charge in [0.1, 0.15) is 0 Å². The van der Waals surface area contributed by atoms with Gasteiger partial charge < -0.3 is 0 Å². The molecule has 0 unspecified atom stereocenters. The minimum atomic E-state index is -1.52. The lowest BCUT2D eigenvalue weighted by Gasteiger charge is -2.32. The molecule has 12 nitrogen and oxygen atoms in total. The summed E-state index contributed by atoms with van der Waals surface area (Å²) in [7, 11) is 4.83. The molecule has 8 amide bonds. The van der Waals surface area contributed by atoms with Crippen molar-refractivity contribution >= 4 is 47.3 Å². The molecule has 0 aliphatic carbocycles. The predicted molar refractivity (Wildman–Crippen MR) is 107 cm³/mol. The van der Waals surface area contributed by atoms with Gasteiger partial charge in [0.05, 0.1) is 0 Å². The molecule has 2 aliphatic heterocycles. The Balaban J connectivity index is 1.77. The van der Waals surface area contributed by atoms with E-state index in [4.69, 9.17) is 0 Å². The summed E-state index contributed by atoms with van der Waals surface area (Å²) in [6.07, 6.45) is 1.69. The average Bonchev–Trinajstić information content (AvgIpc) is 2.76. The van der Waals surface area contributed by atoms with E-state index < -0.39 is 59.1 Å². The second-order valence-electron chi connectivity index (χ2n) is 7.87. The van der Waals surface area contributed by atoms with Crippen LogP contribution in [0.3, 0.4) is 0 Å². The summed E-state index contributed by atoms with van der Waals surface area (Å²) in [6, 6.07) is -1.57. The van der Waals surface area contributed by atoms with Crippen LogP contribution in [0.15, 0.2) is 0 Å². The number of carbonyl (C=O) groups is 8. The van der Waals surface area contributed by atoms with Crippen LogP contribution in [0.4, 0.5) is 9.59 Å². The number of imide groups is 4. The van der Waals surface area contributed by atoms with Gasteiger partial charge >= 0.3 is 12.1 Å². The Morgan fingerprint density at radius 1 is 0.531 bits per heavy atom. The number of barbiturate groups is 2. The Hall–Kier alpha value is -3.44. The SMILES string of the molecule is CN1C(=O)C(C(=O)CCCCCCC(=O)C2C(=O)N(C)C(=O)N(C)C2=O)C(=O)N(C)C1=O. The molecule has 0 N–H and O–H groups in total. The second kappa shape index (κ2) is 9.79. The van der Waals surface area contributed by atoms with Gasteiger partial charge in [0.2, 0.25) is 0 Å². The molecule has 0 bridgehead atoms. The largest absolute Gasteiger partial charge is 0.332 e. The highest BCUT2D eigenvalue weighted by Crippen LogP contribution is 2.21. The first kappa shape index (κ1) is 24.8. The van der Waals surface area contributed by atoms with Gasteiger partial charge in [-0.15, -0.1) is 0 Å². The quantitative estimate of drug-likeness (QED) is 0.346. The lowest BCUT2D eigenvalue weighted by molar-refractivity contribution is -0.154. The molecule has 0 atom stereocenters. The molecule has 32 heavy (non-hydrogen) atoms. The van der Waals surface area contributed by atoms with Crippen molar-refractivity contribution in [1.29, 1.82) is 0 Å². The van der Waals surface area contributed by atoms with Gasteiger partial charge in [0.15, 0.2) is 23.4 Å². The fraction of sp³-hybridized carbons (Fsp3) is 0.600. The van der Waals surface area contributed by atoms with Gasteiger partial charge in [-0.05, 0) is 12.8 Å². The number of unbranched alkanes of at least 4 members (excludes halogenated alkanes) is 3. The van der Waals surface area contributed by atoms with E-state index in [1.54, 1.807) is 0 Å². The van der Waals surface area contributed by atoms with Crippen molar-refractivity contribution in [2.24, 2.45) is 11.8 Å². The molecule has 2 saturated heterocycles. The van der Waals surface area contributed by atoms with Crippen LogP contribution in [0.1, 0.15) is 38.5 Å². The first-order chi connectivity index (χ1) is 14.9.